The number of carbonyl (C=O) groups is 1. The third-order valence-corrected chi connectivity index (χ3v) is 6.53. The summed E-state index contributed by atoms with van der Waals surface area (Å²) in [6, 6.07) is 2.40. The molecule has 0 radical (unpaired) electrons. The summed E-state index contributed by atoms with van der Waals surface area (Å²) in [6.07, 6.45) is 0. The van der Waals surface area contributed by atoms with E-state index in [0.717, 1.165) is 23.2 Å². The minimum atomic E-state index is -3.83. The highest BCUT2D eigenvalue weighted by atomic mass is 32.2. The zero-order chi connectivity index (χ0) is 20.4. The van der Waals surface area contributed by atoms with Crippen LogP contribution in [-0.4, -0.2) is 25.4 Å². The number of benzene rings is 1. The van der Waals surface area contributed by atoms with Gasteiger partial charge in [-0.05, 0) is 39.0 Å². The van der Waals surface area contributed by atoms with Gasteiger partial charge in [-0.15, -0.1) is 11.3 Å². The average Bonchev–Trinajstić information content (AvgIpc) is 3.04. The summed E-state index contributed by atoms with van der Waals surface area (Å²) in [6.45, 7) is 9.15. The molecule has 0 spiro atoms. The van der Waals surface area contributed by atoms with Crippen molar-refractivity contribution < 1.29 is 17.6 Å². The van der Waals surface area contributed by atoms with Gasteiger partial charge in [0.05, 0.1) is 27.2 Å². The van der Waals surface area contributed by atoms with Crippen LogP contribution in [0.4, 0.5) is 4.39 Å². The lowest BCUT2D eigenvalue weighted by molar-refractivity contribution is 0.0935. The number of rotatable bonds is 7. The highest BCUT2D eigenvalue weighted by molar-refractivity contribution is 7.89. The lowest BCUT2D eigenvalue weighted by Crippen LogP contribution is -2.31. The highest BCUT2D eigenvalue weighted by Gasteiger charge is 2.22. The van der Waals surface area contributed by atoms with Crippen LogP contribution < -0.4 is 10.0 Å². The molecule has 0 saturated carbocycles. The second-order valence-electron chi connectivity index (χ2n) is 6.88. The number of amides is 1. The van der Waals surface area contributed by atoms with Crippen molar-refractivity contribution in [1.29, 1.82) is 0 Å². The third-order valence-electron chi connectivity index (χ3n) is 3.71. The molecule has 0 saturated heterocycles. The van der Waals surface area contributed by atoms with Crippen molar-refractivity contribution in [3.63, 3.8) is 0 Å². The first-order chi connectivity index (χ1) is 12.5. The van der Waals surface area contributed by atoms with Gasteiger partial charge in [-0.1, -0.05) is 13.8 Å². The molecule has 0 aliphatic rings. The van der Waals surface area contributed by atoms with Gasteiger partial charge in [0, 0.05) is 17.3 Å². The molecular formula is C18H24FN3O3S2. The van der Waals surface area contributed by atoms with Crippen LogP contribution in [0.1, 0.15) is 67.6 Å². The third kappa shape index (κ3) is 5.33. The number of aromatic nitrogens is 1. The summed E-state index contributed by atoms with van der Waals surface area (Å²) in [5.74, 6) is -1.20. The van der Waals surface area contributed by atoms with Gasteiger partial charge >= 0.3 is 0 Å². The van der Waals surface area contributed by atoms with E-state index in [0.29, 0.717) is 5.69 Å². The molecule has 0 aliphatic heterocycles. The lowest BCUT2D eigenvalue weighted by Gasteiger charge is -2.14. The SMILES string of the molecule is CC(C)NS(=O)(=O)c1ccc(F)c(C(=O)NC(C)c2csc(C(C)C)n2)c1. The number of halogens is 1. The fourth-order valence-corrected chi connectivity index (χ4v) is 4.54. The fraction of sp³-hybridized carbons (Fsp3) is 0.444. The Morgan fingerprint density at radius 3 is 2.41 bits per heavy atom. The largest absolute Gasteiger partial charge is 0.344 e. The molecule has 1 aromatic carbocycles. The van der Waals surface area contributed by atoms with Crippen molar-refractivity contribution in [2.24, 2.45) is 0 Å². The minimum absolute atomic E-state index is 0.161. The number of sulfonamides is 1. The summed E-state index contributed by atoms with van der Waals surface area (Å²) in [5.41, 5.74) is 0.357. The van der Waals surface area contributed by atoms with E-state index in [9.17, 15) is 17.6 Å². The Morgan fingerprint density at radius 2 is 1.85 bits per heavy atom. The normalized spacial score (nSPS) is 13.2. The van der Waals surface area contributed by atoms with Gasteiger partial charge in [0.1, 0.15) is 5.82 Å². The van der Waals surface area contributed by atoms with Crippen LogP contribution in [0.2, 0.25) is 0 Å². The maximum Gasteiger partial charge on any atom is 0.254 e. The number of nitrogens with zero attached hydrogens (tertiary/aromatic N) is 1. The first kappa shape index (κ1) is 21.5. The van der Waals surface area contributed by atoms with Crippen molar-refractivity contribution in [2.75, 3.05) is 0 Å². The van der Waals surface area contributed by atoms with E-state index in [4.69, 9.17) is 0 Å². The van der Waals surface area contributed by atoms with E-state index in [2.05, 4.69) is 15.0 Å². The van der Waals surface area contributed by atoms with Crippen LogP contribution in [-0.2, 0) is 10.0 Å². The predicted molar refractivity (Wildman–Crippen MR) is 104 cm³/mol. The molecule has 0 aliphatic carbocycles. The van der Waals surface area contributed by atoms with Gasteiger partial charge in [-0.2, -0.15) is 0 Å². The molecule has 2 N–H and O–H groups in total. The molecule has 6 nitrogen and oxygen atoms in total. The van der Waals surface area contributed by atoms with Crippen LogP contribution in [0.3, 0.4) is 0 Å². The summed E-state index contributed by atoms with van der Waals surface area (Å²) < 4.78 is 41.1. The van der Waals surface area contributed by atoms with E-state index in [1.54, 1.807) is 20.8 Å². The molecule has 1 aromatic heterocycles. The van der Waals surface area contributed by atoms with Gasteiger partial charge < -0.3 is 5.32 Å². The van der Waals surface area contributed by atoms with Crippen molar-refractivity contribution in [2.45, 2.75) is 57.5 Å². The standard InChI is InChI=1S/C18H24FN3O3S2/c1-10(2)18-21-16(9-26-18)12(5)20-17(23)14-8-13(6-7-15(14)19)27(24,25)22-11(3)4/h6-12,22H,1-5H3,(H,20,23). The summed E-state index contributed by atoms with van der Waals surface area (Å²) >= 11 is 1.50. The Hall–Kier alpha value is -1.84. The molecular weight excluding hydrogens is 389 g/mol. The lowest BCUT2D eigenvalue weighted by atomic mass is 10.1. The quantitative estimate of drug-likeness (QED) is 0.726. The van der Waals surface area contributed by atoms with Crippen LogP contribution in [0.15, 0.2) is 28.5 Å². The molecule has 0 bridgehead atoms. The van der Waals surface area contributed by atoms with Crippen molar-refractivity contribution >= 4 is 27.3 Å². The van der Waals surface area contributed by atoms with Crippen molar-refractivity contribution in [3.05, 3.63) is 45.7 Å². The summed E-state index contributed by atoms with van der Waals surface area (Å²) in [4.78, 5) is 16.8. The van der Waals surface area contributed by atoms with Crippen LogP contribution in [0, 0.1) is 5.82 Å². The number of carbonyl (C=O) groups excluding carboxylic acids is 1. The number of hydrogen-bond acceptors (Lipinski definition) is 5. The van der Waals surface area contributed by atoms with E-state index < -0.39 is 27.8 Å². The Balaban J connectivity index is 2.23. The van der Waals surface area contributed by atoms with Crippen molar-refractivity contribution in [3.8, 4) is 0 Å². The molecule has 1 amide bonds. The van der Waals surface area contributed by atoms with Crippen LogP contribution in [0.25, 0.3) is 0 Å². The van der Waals surface area contributed by atoms with Crippen LogP contribution >= 0.6 is 11.3 Å². The van der Waals surface area contributed by atoms with Gasteiger partial charge in [0.15, 0.2) is 0 Å². The van der Waals surface area contributed by atoms with Gasteiger partial charge in [0.2, 0.25) is 10.0 Å². The molecule has 2 rings (SSSR count). The fourth-order valence-electron chi connectivity index (χ4n) is 2.34. The molecule has 1 unspecified atom stereocenters. The molecule has 2 aromatic rings. The molecule has 9 heteroatoms. The second-order valence-corrected chi connectivity index (χ2v) is 9.48. The molecule has 1 heterocycles. The molecule has 0 fully saturated rings. The van der Waals surface area contributed by atoms with E-state index in [1.807, 2.05) is 19.2 Å². The molecule has 148 valence electrons. The monoisotopic (exact) mass is 413 g/mol. The first-order valence-corrected chi connectivity index (χ1v) is 11.0. The Bertz CT molecular complexity index is 924. The van der Waals surface area contributed by atoms with Gasteiger partial charge in [-0.25, -0.2) is 22.5 Å². The summed E-state index contributed by atoms with van der Waals surface area (Å²) in [5, 5.41) is 5.48. The topological polar surface area (TPSA) is 88.2 Å². The van der Waals surface area contributed by atoms with E-state index in [1.165, 1.54) is 11.3 Å². The van der Waals surface area contributed by atoms with Crippen molar-refractivity contribution in [1.82, 2.24) is 15.0 Å². The molecule has 27 heavy (non-hydrogen) atoms. The highest BCUT2D eigenvalue weighted by Crippen LogP contribution is 2.23. The number of nitrogens with one attached hydrogen (secondary N) is 2. The molecule has 1 atom stereocenters. The minimum Gasteiger partial charge on any atom is -0.344 e. The summed E-state index contributed by atoms with van der Waals surface area (Å²) in [7, 11) is -3.83. The predicted octanol–water partition coefficient (Wildman–Crippen LogP) is 3.58. The first-order valence-electron chi connectivity index (χ1n) is 8.59. The smallest absolute Gasteiger partial charge is 0.254 e. The van der Waals surface area contributed by atoms with Gasteiger partial charge in [0.25, 0.3) is 5.91 Å². The maximum absolute atomic E-state index is 14.1. The maximum atomic E-state index is 14.1. The zero-order valence-electron chi connectivity index (χ0n) is 15.9. The number of thiazole rings is 1. The van der Waals surface area contributed by atoms with E-state index >= 15 is 0 Å². The van der Waals surface area contributed by atoms with Crippen LogP contribution in [0.5, 0.6) is 0 Å². The zero-order valence-corrected chi connectivity index (χ0v) is 17.5. The Morgan fingerprint density at radius 1 is 1.19 bits per heavy atom. The Kier molecular flexibility index (Phi) is 6.72. The van der Waals surface area contributed by atoms with Gasteiger partial charge in [-0.3, -0.25) is 4.79 Å². The Labute approximate surface area is 163 Å². The average molecular weight is 414 g/mol. The number of hydrogen-bond donors (Lipinski definition) is 2. The second kappa shape index (κ2) is 8.45. The van der Waals surface area contributed by atoms with E-state index in [-0.39, 0.29) is 22.4 Å².